The predicted octanol–water partition coefficient (Wildman–Crippen LogP) is 1.69. The third-order valence-corrected chi connectivity index (χ3v) is 2.96. The minimum absolute atomic E-state index is 0.527. The molecule has 0 spiro atoms. The van der Waals surface area contributed by atoms with E-state index in [-0.39, 0.29) is 0 Å². The van der Waals surface area contributed by atoms with Crippen molar-refractivity contribution in [2.45, 2.75) is 26.4 Å². The first-order valence-electron chi connectivity index (χ1n) is 7.99. The summed E-state index contributed by atoms with van der Waals surface area (Å²) in [6, 6.07) is 3.78. The van der Waals surface area contributed by atoms with Crippen LogP contribution in [0.4, 0.5) is 0 Å². The van der Waals surface area contributed by atoms with Crippen molar-refractivity contribution >= 4 is 5.96 Å². The summed E-state index contributed by atoms with van der Waals surface area (Å²) in [6.45, 7) is 6.91. The minimum atomic E-state index is 0.527. The van der Waals surface area contributed by atoms with Crippen molar-refractivity contribution in [2.75, 3.05) is 46.9 Å². The lowest BCUT2D eigenvalue weighted by molar-refractivity contribution is 0.105. The molecule has 0 unspecified atom stereocenters. The third kappa shape index (κ3) is 9.41. The SMILES string of the molecule is CCNC(=NCCCOCc1ccco1)NCCCN(C)C. The Morgan fingerprint density at radius 1 is 1.32 bits per heavy atom. The van der Waals surface area contributed by atoms with E-state index in [4.69, 9.17) is 9.15 Å². The van der Waals surface area contributed by atoms with Gasteiger partial charge < -0.3 is 24.7 Å². The van der Waals surface area contributed by atoms with E-state index in [0.717, 1.165) is 50.7 Å². The second-order valence-electron chi connectivity index (χ2n) is 5.33. The van der Waals surface area contributed by atoms with Gasteiger partial charge in [-0.25, -0.2) is 0 Å². The number of hydrogen-bond donors (Lipinski definition) is 2. The number of ether oxygens (including phenoxy) is 1. The topological polar surface area (TPSA) is 62.0 Å². The molecular weight excluding hydrogens is 280 g/mol. The van der Waals surface area contributed by atoms with Crippen LogP contribution in [0.15, 0.2) is 27.8 Å². The van der Waals surface area contributed by atoms with Crippen molar-refractivity contribution in [2.24, 2.45) is 4.99 Å². The molecule has 2 N–H and O–H groups in total. The highest BCUT2D eigenvalue weighted by molar-refractivity contribution is 5.79. The summed E-state index contributed by atoms with van der Waals surface area (Å²) in [5.74, 6) is 1.74. The molecule has 0 bridgehead atoms. The van der Waals surface area contributed by atoms with E-state index in [1.54, 1.807) is 6.26 Å². The van der Waals surface area contributed by atoms with Crippen molar-refractivity contribution in [1.82, 2.24) is 15.5 Å². The van der Waals surface area contributed by atoms with Gasteiger partial charge in [-0.15, -0.1) is 0 Å². The molecule has 0 fully saturated rings. The van der Waals surface area contributed by atoms with Crippen LogP contribution < -0.4 is 10.6 Å². The van der Waals surface area contributed by atoms with Gasteiger partial charge in [0.2, 0.25) is 0 Å². The molecule has 0 aliphatic rings. The summed E-state index contributed by atoms with van der Waals surface area (Å²) in [4.78, 5) is 6.72. The first kappa shape index (κ1) is 18.5. The molecule has 6 nitrogen and oxygen atoms in total. The molecule has 0 saturated carbocycles. The van der Waals surface area contributed by atoms with Crippen LogP contribution >= 0.6 is 0 Å². The number of nitrogens with one attached hydrogen (secondary N) is 2. The van der Waals surface area contributed by atoms with E-state index in [2.05, 4.69) is 41.5 Å². The Morgan fingerprint density at radius 3 is 2.86 bits per heavy atom. The van der Waals surface area contributed by atoms with Crippen molar-refractivity contribution < 1.29 is 9.15 Å². The largest absolute Gasteiger partial charge is 0.467 e. The van der Waals surface area contributed by atoms with Crippen molar-refractivity contribution in [3.63, 3.8) is 0 Å². The fourth-order valence-electron chi connectivity index (χ4n) is 1.87. The Hall–Kier alpha value is -1.53. The molecule has 0 aromatic carbocycles. The summed E-state index contributed by atoms with van der Waals surface area (Å²) in [7, 11) is 4.17. The van der Waals surface area contributed by atoms with Crippen molar-refractivity contribution in [1.29, 1.82) is 0 Å². The van der Waals surface area contributed by atoms with Gasteiger partial charge >= 0.3 is 0 Å². The first-order valence-corrected chi connectivity index (χ1v) is 7.99. The second kappa shape index (κ2) is 12.1. The number of rotatable bonds is 11. The average molecular weight is 310 g/mol. The van der Waals surface area contributed by atoms with E-state index >= 15 is 0 Å². The molecule has 1 aromatic rings. The minimum Gasteiger partial charge on any atom is -0.467 e. The lowest BCUT2D eigenvalue weighted by atomic mass is 10.4. The Labute approximate surface area is 133 Å². The third-order valence-electron chi connectivity index (χ3n) is 2.96. The zero-order chi connectivity index (χ0) is 16.0. The average Bonchev–Trinajstić information content (AvgIpc) is 3.00. The molecular formula is C16H30N4O2. The van der Waals surface area contributed by atoms with Crippen LogP contribution in [0.1, 0.15) is 25.5 Å². The number of hydrogen-bond acceptors (Lipinski definition) is 4. The van der Waals surface area contributed by atoms with Crippen LogP contribution in [0.25, 0.3) is 0 Å². The Bertz CT molecular complexity index is 391. The van der Waals surface area contributed by atoms with E-state index in [0.29, 0.717) is 13.2 Å². The van der Waals surface area contributed by atoms with Gasteiger partial charge in [-0.3, -0.25) is 4.99 Å². The molecule has 1 rings (SSSR count). The monoisotopic (exact) mass is 310 g/mol. The summed E-state index contributed by atoms with van der Waals surface area (Å²) in [5.41, 5.74) is 0. The van der Waals surface area contributed by atoms with Gasteiger partial charge in [-0.05, 0) is 52.5 Å². The first-order chi connectivity index (χ1) is 10.7. The highest BCUT2D eigenvalue weighted by atomic mass is 16.5. The van der Waals surface area contributed by atoms with Crippen LogP contribution in [0.2, 0.25) is 0 Å². The molecule has 126 valence electrons. The van der Waals surface area contributed by atoms with Gasteiger partial charge in [0, 0.05) is 26.2 Å². The fraction of sp³-hybridized carbons (Fsp3) is 0.688. The maximum Gasteiger partial charge on any atom is 0.191 e. The van der Waals surface area contributed by atoms with Gasteiger partial charge in [0.25, 0.3) is 0 Å². The lowest BCUT2D eigenvalue weighted by Gasteiger charge is -2.13. The highest BCUT2D eigenvalue weighted by Crippen LogP contribution is 2.01. The summed E-state index contributed by atoms with van der Waals surface area (Å²) in [6.07, 6.45) is 3.66. The molecule has 1 aromatic heterocycles. The van der Waals surface area contributed by atoms with Crippen LogP contribution in [0.3, 0.4) is 0 Å². The molecule has 22 heavy (non-hydrogen) atoms. The van der Waals surface area contributed by atoms with Crippen molar-refractivity contribution in [3.8, 4) is 0 Å². The van der Waals surface area contributed by atoms with Gasteiger partial charge in [-0.2, -0.15) is 0 Å². The van der Waals surface area contributed by atoms with Crippen LogP contribution in [-0.2, 0) is 11.3 Å². The maximum absolute atomic E-state index is 5.54. The van der Waals surface area contributed by atoms with E-state index in [9.17, 15) is 0 Å². The Morgan fingerprint density at radius 2 is 2.18 bits per heavy atom. The maximum atomic E-state index is 5.54. The normalized spacial score (nSPS) is 11.9. The zero-order valence-corrected chi connectivity index (χ0v) is 14.1. The zero-order valence-electron chi connectivity index (χ0n) is 14.1. The number of furan rings is 1. The summed E-state index contributed by atoms with van der Waals surface area (Å²) in [5, 5.41) is 6.60. The van der Waals surface area contributed by atoms with E-state index in [1.165, 1.54) is 0 Å². The molecule has 0 aliphatic carbocycles. The molecule has 0 saturated heterocycles. The van der Waals surface area contributed by atoms with Crippen LogP contribution in [0.5, 0.6) is 0 Å². The molecule has 6 heteroatoms. The summed E-state index contributed by atoms with van der Waals surface area (Å²) >= 11 is 0. The van der Waals surface area contributed by atoms with E-state index < -0.39 is 0 Å². The number of nitrogens with zero attached hydrogens (tertiary/aromatic N) is 2. The Balaban J connectivity index is 2.10. The molecule has 0 aliphatic heterocycles. The molecule has 0 amide bonds. The molecule has 0 atom stereocenters. The lowest BCUT2D eigenvalue weighted by Crippen LogP contribution is -2.38. The van der Waals surface area contributed by atoms with Gasteiger partial charge in [0.1, 0.15) is 12.4 Å². The fourth-order valence-corrected chi connectivity index (χ4v) is 1.87. The number of aliphatic imine (C=N–C) groups is 1. The van der Waals surface area contributed by atoms with Crippen LogP contribution in [-0.4, -0.2) is 57.7 Å². The second-order valence-corrected chi connectivity index (χ2v) is 5.33. The van der Waals surface area contributed by atoms with Gasteiger partial charge in [-0.1, -0.05) is 0 Å². The summed E-state index contributed by atoms with van der Waals surface area (Å²) < 4.78 is 10.7. The standard InChI is InChI=1S/C16H30N4O2/c1-4-17-16(18-9-6-11-20(2)3)19-10-7-12-21-14-15-8-5-13-22-15/h5,8,13H,4,6-7,9-12,14H2,1-3H3,(H2,17,18,19). The smallest absolute Gasteiger partial charge is 0.191 e. The highest BCUT2D eigenvalue weighted by Gasteiger charge is 1.98. The Kier molecular flexibility index (Phi) is 10.1. The van der Waals surface area contributed by atoms with Gasteiger partial charge in [0.15, 0.2) is 5.96 Å². The van der Waals surface area contributed by atoms with Gasteiger partial charge in [0.05, 0.1) is 6.26 Å². The predicted molar refractivity (Wildman–Crippen MR) is 90.1 cm³/mol. The quantitative estimate of drug-likeness (QED) is 0.370. The molecule has 0 radical (unpaired) electrons. The van der Waals surface area contributed by atoms with Crippen molar-refractivity contribution in [3.05, 3.63) is 24.2 Å². The molecule has 1 heterocycles. The number of guanidine groups is 1. The van der Waals surface area contributed by atoms with E-state index in [1.807, 2.05) is 12.1 Å². The van der Waals surface area contributed by atoms with Crippen LogP contribution in [0, 0.1) is 0 Å².